The molecule has 1 saturated carbocycles. The van der Waals surface area contributed by atoms with Crippen LogP contribution in [0.25, 0.3) is 0 Å². The molecular formula is C19H20F2N2O. The van der Waals surface area contributed by atoms with Gasteiger partial charge in [-0.25, -0.2) is 8.78 Å². The van der Waals surface area contributed by atoms with Crippen LogP contribution < -0.4 is 0 Å². The van der Waals surface area contributed by atoms with E-state index in [0.29, 0.717) is 5.56 Å². The van der Waals surface area contributed by atoms with Crippen molar-refractivity contribution >= 4 is 5.91 Å². The standard InChI is InChI=1S/C19H20F2N2O/c1-23(19(24)13-5-2-3-6-13)18(14-7-4-10-22-12-14)16-9-8-15(20)11-17(16)21/h4,7-13,18H,2-3,5-6H2,1H3. The van der Waals surface area contributed by atoms with Crippen LogP contribution in [0.4, 0.5) is 8.78 Å². The molecule has 1 aliphatic rings. The Labute approximate surface area is 140 Å². The molecule has 0 radical (unpaired) electrons. The number of hydrogen-bond donors (Lipinski definition) is 0. The molecule has 0 saturated heterocycles. The highest BCUT2D eigenvalue weighted by molar-refractivity contribution is 5.79. The summed E-state index contributed by atoms with van der Waals surface area (Å²) in [6.45, 7) is 0. The molecule has 2 aromatic rings. The van der Waals surface area contributed by atoms with Crippen LogP contribution in [0, 0.1) is 17.6 Å². The third kappa shape index (κ3) is 3.30. The van der Waals surface area contributed by atoms with E-state index in [1.165, 1.54) is 12.1 Å². The van der Waals surface area contributed by atoms with Crippen molar-refractivity contribution in [2.75, 3.05) is 7.05 Å². The molecule has 1 heterocycles. The summed E-state index contributed by atoms with van der Waals surface area (Å²) >= 11 is 0. The lowest BCUT2D eigenvalue weighted by Crippen LogP contribution is -2.36. The second-order valence-corrected chi connectivity index (χ2v) is 6.29. The topological polar surface area (TPSA) is 33.2 Å². The minimum absolute atomic E-state index is 0.00470. The Hall–Kier alpha value is -2.30. The summed E-state index contributed by atoms with van der Waals surface area (Å²) in [7, 11) is 1.68. The number of aromatic nitrogens is 1. The van der Waals surface area contributed by atoms with Gasteiger partial charge < -0.3 is 4.90 Å². The van der Waals surface area contributed by atoms with Gasteiger partial charge in [-0.2, -0.15) is 0 Å². The Bertz CT molecular complexity index is 715. The lowest BCUT2D eigenvalue weighted by molar-refractivity contribution is -0.135. The predicted molar refractivity (Wildman–Crippen MR) is 87.2 cm³/mol. The third-order valence-corrected chi connectivity index (χ3v) is 4.70. The first-order valence-electron chi connectivity index (χ1n) is 8.19. The number of benzene rings is 1. The number of halogens is 2. The number of pyridine rings is 1. The Morgan fingerprint density at radius 3 is 2.62 bits per heavy atom. The van der Waals surface area contributed by atoms with Crippen molar-refractivity contribution in [2.45, 2.75) is 31.7 Å². The maximum atomic E-state index is 14.4. The van der Waals surface area contributed by atoms with Gasteiger partial charge in [-0.15, -0.1) is 0 Å². The van der Waals surface area contributed by atoms with Gasteiger partial charge in [0.1, 0.15) is 11.6 Å². The summed E-state index contributed by atoms with van der Waals surface area (Å²) in [6, 6.07) is 6.41. The summed E-state index contributed by atoms with van der Waals surface area (Å²) in [5.74, 6) is -1.30. The Balaban J connectivity index is 2.00. The number of nitrogens with zero attached hydrogens (tertiary/aromatic N) is 2. The number of carbonyl (C=O) groups is 1. The predicted octanol–water partition coefficient (Wildman–Crippen LogP) is 4.10. The second-order valence-electron chi connectivity index (χ2n) is 6.29. The van der Waals surface area contributed by atoms with Crippen LogP contribution in [0.15, 0.2) is 42.7 Å². The molecule has 0 spiro atoms. The molecule has 5 heteroatoms. The van der Waals surface area contributed by atoms with Gasteiger partial charge in [-0.3, -0.25) is 9.78 Å². The van der Waals surface area contributed by atoms with Crippen molar-refractivity contribution in [2.24, 2.45) is 5.92 Å². The molecule has 0 N–H and O–H groups in total. The number of amides is 1. The molecule has 1 aliphatic carbocycles. The molecule has 1 amide bonds. The van der Waals surface area contributed by atoms with Crippen molar-refractivity contribution < 1.29 is 13.6 Å². The van der Waals surface area contributed by atoms with Crippen LogP contribution in [0.2, 0.25) is 0 Å². The molecule has 1 aromatic heterocycles. The minimum Gasteiger partial charge on any atom is -0.334 e. The normalized spacial score (nSPS) is 16.1. The van der Waals surface area contributed by atoms with Crippen molar-refractivity contribution in [1.82, 2.24) is 9.88 Å². The van der Waals surface area contributed by atoms with Gasteiger partial charge in [0.2, 0.25) is 5.91 Å². The fraction of sp³-hybridized carbons (Fsp3) is 0.368. The lowest BCUT2D eigenvalue weighted by Gasteiger charge is -2.31. The SMILES string of the molecule is CN(C(=O)C1CCCC1)C(c1cccnc1)c1ccc(F)cc1F. The number of hydrogen-bond acceptors (Lipinski definition) is 2. The smallest absolute Gasteiger partial charge is 0.226 e. The molecule has 0 aliphatic heterocycles. The molecule has 1 aromatic carbocycles. The van der Waals surface area contributed by atoms with Gasteiger partial charge in [-0.1, -0.05) is 25.0 Å². The quantitative estimate of drug-likeness (QED) is 0.846. The van der Waals surface area contributed by atoms with Gasteiger partial charge in [-0.05, 0) is 30.5 Å². The molecule has 126 valence electrons. The molecular weight excluding hydrogens is 310 g/mol. The van der Waals surface area contributed by atoms with E-state index in [1.807, 2.05) is 0 Å². The fourth-order valence-electron chi connectivity index (χ4n) is 3.46. The summed E-state index contributed by atoms with van der Waals surface area (Å²) in [5, 5.41) is 0. The highest BCUT2D eigenvalue weighted by atomic mass is 19.1. The first-order chi connectivity index (χ1) is 11.6. The Morgan fingerprint density at radius 1 is 1.25 bits per heavy atom. The zero-order valence-corrected chi connectivity index (χ0v) is 13.6. The number of rotatable bonds is 4. The molecule has 1 unspecified atom stereocenters. The molecule has 3 rings (SSSR count). The molecule has 0 bridgehead atoms. The summed E-state index contributed by atoms with van der Waals surface area (Å²) in [4.78, 5) is 18.5. The second kappa shape index (κ2) is 7.07. The number of carbonyl (C=O) groups excluding carboxylic acids is 1. The van der Waals surface area contributed by atoms with E-state index in [0.717, 1.165) is 31.7 Å². The third-order valence-electron chi connectivity index (χ3n) is 4.70. The van der Waals surface area contributed by atoms with Gasteiger partial charge in [0.05, 0.1) is 6.04 Å². The average Bonchev–Trinajstić information content (AvgIpc) is 3.12. The van der Waals surface area contributed by atoms with Crippen LogP contribution in [0.1, 0.15) is 42.9 Å². The molecule has 1 fully saturated rings. The van der Waals surface area contributed by atoms with Gasteiger partial charge >= 0.3 is 0 Å². The van der Waals surface area contributed by atoms with E-state index in [2.05, 4.69) is 4.98 Å². The van der Waals surface area contributed by atoms with Gasteiger partial charge in [0, 0.05) is 37.0 Å². The maximum Gasteiger partial charge on any atom is 0.226 e. The van der Waals surface area contributed by atoms with E-state index < -0.39 is 17.7 Å². The molecule has 24 heavy (non-hydrogen) atoms. The van der Waals surface area contributed by atoms with Crippen LogP contribution >= 0.6 is 0 Å². The van der Waals surface area contributed by atoms with Crippen molar-refractivity contribution in [3.05, 3.63) is 65.5 Å². The van der Waals surface area contributed by atoms with Crippen LogP contribution in [0.3, 0.4) is 0 Å². The van der Waals surface area contributed by atoms with Crippen molar-refractivity contribution in [1.29, 1.82) is 0 Å². The summed E-state index contributed by atoms with van der Waals surface area (Å²) < 4.78 is 27.7. The fourth-order valence-corrected chi connectivity index (χ4v) is 3.46. The maximum absolute atomic E-state index is 14.4. The summed E-state index contributed by atoms with van der Waals surface area (Å²) in [6.07, 6.45) is 7.08. The lowest BCUT2D eigenvalue weighted by atomic mass is 9.96. The van der Waals surface area contributed by atoms with Crippen LogP contribution in [-0.4, -0.2) is 22.8 Å². The first kappa shape index (κ1) is 16.6. The van der Waals surface area contributed by atoms with Gasteiger partial charge in [0.15, 0.2) is 0 Å². The molecule has 3 nitrogen and oxygen atoms in total. The van der Waals surface area contributed by atoms with Crippen molar-refractivity contribution in [3.8, 4) is 0 Å². The van der Waals surface area contributed by atoms with Crippen LogP contribution in [0.5, 0.6) is 0 Å². The zero-order chi connectivity index (χ0) is 17.1. The monoisotopic (exact) mass is 330 g/mol. The van der Waals surface area contributed by atoms with E-state index in [1.54, 1.807) is 36.5 Å². The van der Waals surface area contributed by atoms with E-state index >= 15 is 0 Å². The van der Waals surface area contributed by atoms with Crippen molar-refractivity contribution in [3.63, 3.8) is 0 Å². The molecule has 1 atom stereocenters. The van der Waals surface area contributed by atoms with E-state index in [4.69, 9.17) is 0 Å². The largest absolute Gasteiger partial charge is 0.334 e. The summed E-state index contributed by atoms with van der Waals surface area (Å²) in [5.41, 5.74) is 0.982. The average molecular weight is 330 g/mol. The first-order valence-corrected chi connectivity index (χ1v) is 8.19. The Kier molecular flexibility index (Phi) is 4.88. The van der Waals surface area contributed by atoms with E-state index in [9.17, 15) is 13.6 Å². The highest BCUT2D eigenvalue weighted by Crippen LogP contribution is 2.33. The van der Waals surface area contributed by atoms with E-state index in [-0.39, 0.29) is 17.4 Å². The van der Waals surface area contributed by atoms with Gasteiger partial charge in [0.25, 0.3) is 0 Å². The highest BCUT2D eigenvalue weighted by Gasteiger charge is 2.32. The minimum atomic E-state index is -0.657. The zero-order valence-electron chi connectivity index (χ0n) is 13.6. The van der Waals surface area contributed by atoms with Crippen LogP contribution in [-0.2, 0) is 4.79 Å². The Morgan fingerprint density at radius 2 is 2.00 bits per heavy atom.